The number of thioether (sulfide) groups is 1. The van der Waals surface area contributed by atoms with Crippen molar-refractivity contribution >= 4 is 29.0 Å². The van der Waals surface area contributed by atoms with E-state index in [0.29, 0.717) is 16.9 Å². The van der Waals surface area contributed by atoms with Crippen LogP contribution in [-0.2, 0) is 0 Å². The zero-order valence-electron chi connectivity index (χ0n) is 10.9. The highest BCUT2D eigenvalue weighted by Gasteiger charge is 2.11. The van der Waals surface area contributed by atoms with Gasteiger partial charge in [0.25, 0.3) is 5.91 Å². The minimum Gasteiger partial charge on any atom is -0.397 e. The maximum absolute atomic E-state index is 12.3. The Hall–Kier alpha value is -1.94. The second-order valence-corrected chi connectivity index (χ2v) is 5.09. The molecule has 0 aliphatic rings. The summed E-state index contributed by atoms with van der Waals surface area (Å²) in [5, 5.41) is 2.85. The van der Waals surface area contributed by atoms with Gasteiger partial charge >= 0.3 is 0 Å². The van der Waals surface area contributed by atoms with E-state index in [4.69, 9.17) is 5.73 Å². The molecule has 1 amide bonds. The number of carbonyl (C=O) groups is 1. The number of nitrogens with one attached hydrogen (secondary N) is 1. The van der Waals surface area contributed by atoms with Crippen LogP contribution in [0.4, 0.5) is 11.4 Å². The lowest BCUT2D eigenvalue weighted by atomic mass is 10.1. The average Bonchev–Trinajstić information content (AvgIpc) is 2.41. The Kier molecular flexibility index (Phi) is 4.12. The lowest BCUT2D eigenvalue weighted by Gasteiger charge is -2.10. The molecule has 0 aliphatic heterocycles. The molecule has 98 valence electrons. The van der Waals surface area contributed by atoms with Gasteiger partial charge in [0, 0.05) is 4.90 Å². The molecule has 19 heavy (non-hydrogen) atoms. The molecule has 0 unspecified atom stereocenters. The molecule has 0 atom stereocenters. The maximum atomic E-state index is 12.3. The van der Waals surface area contributed by atoms with Gasteiger partial charge in [0.1, 0.15) is 0 Å². The van der Waals surface area contributed by atoms with E-state index in [2.05, 4.69) is 5.32 Å². The lowest BCUT2D eigenvalue weighted by molar-refractivity contribution is 0.102. The van der Waals surface area contributed by atoms with Gasteiger partial charge in [-0.25, -0.2) is 0 Å². The highest BCUT2D eigenvalue weighted by Crippen LogP contribution is 2.23. The molecule has 2 aromatic rings. The van der Waals surface area contributed by atoms with Crippen LogP contribution in [0.3, 0.4) is 0 Å². The molecule has 0 aromatic heterocycles. The molecule has 0 saturated heterocycles. The minimum absolute atomic E-state index is 0.138. The molecule has 0 radical (unpaired) electrons. The summed E-state index contributed by atoms with van der Waals surface area (Å²) in [6, 6.07) is 13.1. The molecule has 2 aromatic carbocycles. The van der Waals surface area contributed by atoms with Gasteiger partial charge in [0.15, 0.2) is 0 Å². The number of hydrogen-bond donors (Lipinski definition) is 2. The highest BCUT2D eigenvalue weighted by atomic mass is 32.2. The first-order valence-corrected chi connectivity index (χ1v) is 7.15. The topological polar surface area (TPSA) is 55.1 Å². The Morgan fingerprint density at radius 1 is 1.21 bits per heavy atom. The molecule has 2 rings (SSSR count). The summed E-state index contributed by atoms with van der Waals surface area (Å²) in [4.78, 5) is 13.2. The van der Waals surface area contributed by atoms with Crippen LogP contribution in [0.5, 0.6) is 0 Å². The van der Waals surface area contributed by atoms with E-state index in [9.17, 15) is 4.79 Å². The molecule has 3 nitrogen and oxygen atoms in total. The smallest absolute Gasteiger partial charge is 0.256 e. The number of rotatable bonds is 3. The summed E-state index contributed by atoms with van der Waals surface area (Å²) in [5.74, 6) is -0.138. The molecular formula is C15H16N2OS. The largest absolute Gasteiger partial charge is 0.397 e. The zero-order valence-corrected chi connectivity index (χ0v) is 11.8. The summed E-state index contributed by atoms with van der Waals surface area (Å²) < 4.78 is 0. The van der Waals surface area contributed by atoms with Crippen LogP contribution in [0.2, 0.25) is 0 Å². The van der Waals surface area contributed by atoms with Crippen LogP contribution in [0.1, 0.15) is 15.9 Å². The molecule has 3 N–H and O–H groups in total. The Balaban J connectivity index is 2.26. The second-order valence-electron chi connectivity index (χ2n) is 4.25. The van der Waals surface area contributed by atoms with Gasteiger partial charge < -0.3 is 11.1 Å². The van der Waals surface area contributed by atoms with E-state index in [1.165, 1.54) is 0 Å². The minimum atomic E-state index is -0.138. The first-order chi connectivity index (χ1) is 9.11. The predicted molar refractivity (Wildman–Crippen MR) is 81.8 cm³/mol. The number of nitrogens with two attached hydrogens (primary N) is 1. The SMILES string of the molecule is CSc1ccccc1C(=O)Nc1ccc(C)cc1N. The third-order valence-electron chi connectivity index (χ3n) is 2.81. The van der Waals surface area contributed by atoms with Gasteiger partial charge in [-0.2, -0.15) is 0 Å². The normalized spacial score (nSPS) is 10.2. The van der Waals surface area contributed by atoms with E-state index < -0.39 is 0 Å². The van der Waals surface area contributed by atoms with Crippen molar-refractivity contribution in [2.75, 3.05) is 17.3 Å². The van der Waals surface area contributed by atoms with Crippen molar-refractivity contribution < 1.29 is 4.79 Å². The first-order valence-electron chi connectivity index (χ1n) is 5.92. The van der Waals surface area contributed by atoms with Crippen LogP contribution in [-0.4, -0.2) is 12.2 Å². The molecule has 4 heteroatoms. The maximum Gasteiger partial charge on any atom is 0.256 e. The van der Waals surface area contributed by atoms with Crippen molar-refractivity contribution in [3.05, 3.63) is 53.6 Å². The predicted octanol–water partition coefficient (Wildman–Crippen LogP) is 3.55. The van der Waals surface area contributed by atoms with Crippen LogP contribution < -0.4 is 11.1 Å². The summed E-state index contributed by atoms with van der Waals surface area (Å²) >= 11 is 1.55. The van der Waals surface area contributed by atoms with Crippen molar-refractivity contribution in [3.63, 3.8) is 0 Å². The van der Waals surface area contributed by atoms with Gasteiger partial charge in [0.05, 0.1) is 16.9 Å². The van der Waals surface area contributed by atoms with Crippen LogP contribution in [0.15, 0.2) is 47.4 Å². The number of anilines is 2. The summed E-state index contributed by atoms with van der Waals surface area (Å²) in [6.07, 6.45) is 1.95. The molecule has 0 aliphatic carbocycles. The summed E-state index contributed by atoms with van der Waals surface area (Å²) in [7, 11) is 0. The molecular weight excluding hydrogens is 256 g/mol. The van der Waals surface area contributed by atoms with Crippen LogP contribution in [0, 0.1) is 6.92 Å². The number of carbonyl (C=O) groups excluding carboxylic acids is 1. The van der Waals surface area contributed by atoms with Gasteiger partial charge in [-0.1, -0.05) is 18.2 Å². The fraction of sp³-hybridized carbons (Fsp3) is 0.133. The van der Waals surface area contributed by atoms with E-state index in [0.717, 1.165) is 10.5 Å². The standard InChI is InChI=1S/C15H16N2OS/c1-10-7-8-13(12(16)9-10)17-15(18)11-5-3-4-6-14(11)19-2/h3-9H,16H2,1-2H3,(H,17,18). The first kappa shape index (κ1) is 13.5. The van der Waals surface area contributed by atoms with Crippen LogP contribution in [0.25, 0.3) is 0 Å². The second kappa shape index (κ2) is 5.80. The fourth-order valence-electron chi connectivity index (χ4n) is 1.82. The van der Waals surface area contributed by atoms with Crippen molar-refractivity contribution in [1.82, 2.24) is 0 Å². The number of aryl methyl sites for hydroxylation is 1. The van der Waals surface area contributed by atoms with Gasteiger partial charge in [-0.3, -0.25) is 4.79 Å². The van der Waals surface area contributed by atoms with Crippen molar-refractivity contribution in [2.45, 2.75) is 11.8 Å². The zero-order chi connectivity index (χ0) is 13.8. The Labute approximate surface area is 117 Å². The van der Waals surface area contributed by atoms with Gasteiger partial charge in [-0.15, -0.1) is 11.8 Å². The number of amides is 1. The Morgan fingerprint density at radius 2 is 1.95 bits per heavy atom. The monoisotopic (exact) mass is 272 g/mol. The number of benzene rings is 2. The molecule has 0 bridgehead atoms. The van der Waals surface area contributed by atoms with E-state index in [1.54, 1.807) is 11.8 Å². The van der Waals surface area contributed by atoms with E-state index >= 15 is 0 Å². The quantitative estimate of drug-likeness (QED) is 0.663. The molecule has 0 fully saturated rings. The molecule has 0 saturated carbocycles. The summed E-state index contributed by atoms with van der Waals surface area (Å²) in [6.45, 7) is 1.96. The third kappa shape index (κ3) is 3.09. The van der Waals surface area contributed by atoms with Gasteiger partial charge in [-0.05, 0) is 43.0 Å². The summed E-state index contributed by atoms with van der Waals surface area (Å²) in [5.41, 5.74) is 8.85. The third-order valence-corrected chi connectivity index (χ3v) is 3.60. The molecule has 0 spiro atoms. The highest BCUT2D eigenvalue weighted by molar-refractivity contribution is 7.98. The van der Waals surface area contributed by atoms with E-state index in [-0.39, 0.29) is 5.91 Å². The Morgan fingerprint density at radius 3 is 2.63 bits per heavy atom. The van der Waals surface area contributed by atoms with Crippen molar-refractivity contribution in [2.24, 2.45) is 0 Å². The number of hydrogen-bond acceptors (Lipinski definition) is 3. The fourth-order valence-corrected chi connectivity index (χ4v) is 2.41. The van der Waals surface area contributed by atoms with E-state index in [1.807, 2.05) is 55.6 Å². The number of nitrogen functional groups attached to an aromatic ring is 1. The molecule has 0 heterocycles. The van der Waals surface area contributed by atoms with Gasteiger partial charge in [0.2, 0.25) is 0 Å². The van der Waals surface area contributed by atoms with Crippen LogP contribution >= 0.6 is 11.8 Å². The Bertz CT molecular complexity index is 611. The van der Waals surface area contributed by atoms with Crippen molar-refractivity contribution in [1.29, 1.82) is 0 Å². The average molecular weight is 272 g/mol. The lowest BCUT2D eigenvalue weighted by Crippen LogP contribution is -2.14. The van der Waals surface area contributed by atoms with Crippen molar-refractivity contribution in [3.8, 4) is 0 Å².